The second-order valence-electron chi connectivity index (χ2n) is 4.98. The van der Waals surface area contributed by atoms with Crippen LogP contribution in [0.1, 0.15) is 17.2 Å². The number of benzene rings is 2. The molecule has 6 heteroatoms. The Hall–Kier alpha value is -2.30. The highest BCUT2D eigenvalue weighted by Gasteiger charge is 2.24. The van der Waals surface area contributed by atoms with Crippen molar-refractivity contribution in [2.75, 3.05) is 0 Å². The van der Waals surface area contributed by atoms with Crippen LogP contribution in [-0.2, 0) is 4.79 Å². The Morgan fingerprint density at radius 2 is 1.52 bits per heavy atom. The topological polar surface area (TPSA) is 55.1 Å². The Labute approximate surface area is 142 Å². The molecule has 1 heterocycles. The van der Waals surface area contributed by atoms with Gasteiger partial charge in [-0.3, -0.25) is 4.79 Å². The zero-order valence-corrected chi connectivity index (χ0v) is 13.4. The molecule has 0 bridgehead atoms. The molecule has 3 aromatic rings. The summed E-state index contributed by atoms with van der Waals surface area (Å²) in [7, 11) is 0. The van der Waals surface area contributed by atoms with Crippen LogP contribution in [0.4, 0.5) is 0 Å². The van der Waals surface area contributed by atoms with Crippen molar-refractivity contribution in [1.82, 2.24) is 9.78 Å². The second kappa shape index (κ2) is 6.44. The number of hydrogen-bond donors (Lipinski definition) is 1. The molecule has 0 radical (unpaired) electrons. The van der Waals surface area contributed by atoms with Crippen LogP contribution in [0.15, 0.2) is 60.8 Å². The smallest absolute Gasteiger partial charge is 0.317 e. The molecule has 0 aliphatic heterocycles. The van der Waals surface area contributed by atoms with E-state index in [1.807, 2.05) is 12.1 Å². The maximum Gasteiger partial charge on any atom is 0.317 e. The van der Waals surface area contributed by atoms with Crippen molar-refractivity contribution in [2.45, 2.75) is 5.92 Å². The van der Waals surface area contributed by atoms with Crippen LogP contribution in [0.2, 0.25) is 10.0 Å². The van der Waals surface area contributed by atoms with E-state index in [1.54, 1.807) is 53.3 Å². The van der Waals surface area contributed by atoms with Gasteiger partial charge in [-0.1, -0.05) is 35.3 Å². The summed E-state index contributed by atoms with van der Waals surface area (Å²) in [4.78, 5) is 11.7. The predicted molar refractivity (Wildman–Crippen MR) is 89.5 cm³/mol. The molecular formula is C17H12Cl2N2O2. The van der Waals surface area contributed by atoms with E-state index in [9.17, 15) is 9.90 Å². The molecular weight excluding hydrogens is 335 g/mol. The Balaban J connectivity index is 1.97. The molecule has 0 saturated carbocycles. The van der Waals surface area contributed by atoms with Crippen LogP contribution < -0.4 is 0 Å². The van der Waals surface area contributed by atoms with Gasteiger partial charge in [-0.15, -0.1) is 0 Å². The number of hydrogen-bond acceptors (Lipinski definition) is 2. The quantitative estimate of drug-likeness (QED) is 0.761. The monoisotopic (exact) mass is 346 g/mol. The maximum absolute atomic E-state index is 11.7. The standard InChI is InChI=1S/C17H12Cl2N2O2/c18-12-3-1-11(2-4-12)16(17(22)23)15-9-10-21(20-15)14-7-5-13(19)6-8-14/h1-10,16H,(H,22,23). The van der Waals surface area contributed by atoms with E-state index < -0.39 is 11.9 Å². The number of carboxylic acids is 1. The molecule has 2 aromatic carbocycles. The molecule has 1 N–H and O–H groups in total. The van der Waals surface area contributed by atoms with Gasteiger partial charge in [0.05, 0.1) is 11.4 Å². The first-order valence-corrected chi connectivity index (χ1v) is 7.60. The van der Waals surface area contributed by atoms with Crippen LogP contribution in [0.3, 0.4) is 0 Å². The Kier molecular flexibility index (Phi) is 4.37. The van der Waals surface area contributed by atoms with Crippen LogP contribution >= 0.6 is 23.2 Å². The van der Waals surface area contributed by atoms with Gasteiger partial charge in [0.2, 0.25) is 0 Å². The summed E-state index contributed by atoms with van der Waals surface area (Å²) in [6.45, 7) is 0. The largest absolute Gasteiger partial charge is 0.480 e. The Morgan fingerprint density at radius 3 is 2.09 bits per heavy atom. The van der Waals surface area contributed by atoms with E-state index in [-0.39, 0.29) is 0 Å². The van der Waals surface area contributed by atoms with Gasteiger partial charge >= 0.3 is 5.97 Å². The van der Waals surface area contributed by atoms with Gasteiger partial charge in [0.25, 0.3) is 0 Å². The third-order valence-corrected chi connectivity index (χ3v) is 3.95. The minimum Gasteiger partial charge on any atom is -0.480 e. The first kappa shape index (κ1) is 15.6. The first-order valence-electron chi connectivity index (χ1n) is 6.84. The van der Waals surface area contributed by atoms with E-state index in [0.29, 0.717) is 21.3 Å². The third-order valence-electron chi connectivity index (χ3n) is 3.45. The lowest BCUT2D eigenvalue weighted by Gasteiger charge is -2.10. The van der Waals surface area contributed by atoms with Crippen molar-refractivity contribution < 1.29 is 9.90 Å². The number of rotatable bonds is 4. The number of carboxylic acid groups (broad SMARTS) is 1. The van der Waals surface area contributed by atoms with Gasteiger partial charge < -0.3 is 5.11 Å². The number of halogens is 2. The number of aromatic nitrogens is 2. The SMILES string of the molecule is O=C(O)C(c1ccc(Cl)cc1)c1ccn(-c2ccc(Cl)cc2)n1. The fourth-order valence-electron chi connectivity index (χ4n) is 2.32. The minimum atomic E-state index is -0.964. The lowest BCUT2D eigenvalue weighted by Crippen LogP contribution is -2.14. The molecule has 0 spiro atoms. The minimum absolute atomic E-state index is 0.453. The third kappa shape index (κ3) is 3.38. The van der Waals surface area contributed by atoms with E-state index in [0.717, 1.165) is 5.69 Å². The average Bonchev–Trinajstić information content (AvgIpc) is 2.99. The van der Waals surface area contributed by atoms with Gasteiger partial charge in [-0.2, -0.15) is 5.10 Å². The molecule has 0 saturated heterocycles. The normalized spacial score (nSPS) is 12.1. The Morgan fingerprint density at radius 1 is 0.957 bits per heavy atom. The summed E-state index contributed by atoms with van der Waals surface area (Å²) >= 11 is 11.7. The fourth-order valence-corrected chi connectivity index (χ4v) is 2.58. The molecule has 0 amide bonds. The number of aliphatic carboxylic acids is 1. The van der Waals surface area contributed by atoms with Crippen LogP contribution in [0.25, 0.3) is 5.69 Å². The van der Waals surface area contributed by atoms with E-state index in [4.69, 9.17) is 23.2 Å². The zero-order chi connectivity index (χ0) is 16.4. The molecule has 1 unspecified atom stereocenters. The van der Waals surface area contributed by atoms with Gasteiger partial charge in [0.15, 0.2) is 0 Å². The van der Waals surface area contributed by atoms with E-state index in [1.165, 1.54) is 0 Å². The molecule has 0 aliphatic rings. The highest BCUT2D eigenvalue weighted by molar-refractivity contribution is 6.30. The predicted octanol–water partition coefficient (Wildman–Crippen LogP) is 4.40. The lowest BCUT2D eigenvalue weighted by molar-refractivity contribution is -0.137. The Bertz CT molecular complexity index is 827. The average molecular weight is 347 g/mol. The van der Waals surface area contributed by atoms with Crippen molar-refractivity contribution in [3.05, 3.63) is 82.1 Å². The van der Waals surface area contributed by atoms with Crippen molar-refractivity contribution in [2.24, 2.45) is 0 Å². The fraction of sp³-hybridized carbons (Fsp3) is 0.0588. The molecule has 0 fully saturated rings. The second-order valence-corrected chi connectivity index (χ2v) is 5.86. The molecule has 0 aliphatic carbocycles. The summed E-state index contributed by atoms with van der Waals surface area (Å²) in [5.74, 6) is -1.81. The summed E-state index contributed by atoms with van der Waals surface area (Å²) < 4.78 is 1.62. The van der Waals surface area contributed by atoms with Gasteiger partial charge in [0, 0.05) is 16.2 Å². The number of carbonyl (C=O) groups is 1. The van der Waals surface area contributed by atoms with Gasteiger partial charge in [-0.25, -0.2) is 4.68 Å². The zero-order valence-electron chi connectivity index (χ0n) is 11.9. The molecule has 116 valence electrons. The summed E-state index contributed by atoms with van der Waals surface area (Å²) in [5, 5.41) is 15.1. The summed E-state index contributed by atoms with van der Waals surface area (Å²) in [6, 6.07) is 15.6. The van der Waals surface area contributed by atoms with E-state index in [2.05, 4.69) is 5.10 Å². The van der Waals surface area contributed by atoms with Crippen LogP contribution in [-0.4, -0.2) is 20.9 Å². The summed E-state index contributed by atoms with van der Waals surface area (Å²) in [6.07, 6.45) is 1.73. The van der Waals surface area contributed by atoms with Crippen molar-refractivity contribution >= 4 is 29.2 Å². The number of nitrogens with zero attached hydrogens (tertiary/aromatic N) is 2. The summed E-state index contributed by atoms with van der Waals surface area (Å²) in [5.41, 5.74) is 1.89. The van der Waals surface area contributed by atoms with Gasteiger partial charge in [-0.05, 0) is 48.0 Å². The maximum atomic E-state index is 11.7. The van der Waals surface area contributed by atoms with Crippen molar-refractivity contribution in [3.63, 3.8) is 0 Å². The molecule has 3 rings (SSSR count). The molecule has 23 heavy (non-hydrogen) atoms. The van der Waals surface area contributed by atoms with Crippen LogP contribution in [0.5, 0.6) is 0 Å². The molecule has 1 aromatic heterocycles. The van der Waals surface area contributed by atoms with Crippen LogP contribution in [0, 0.1) is 0 Å². The van der Waals surface area contributed by atoms with Gasteiger partial charge in [0.1, 0.15) is 5.92 Å². The van der Waals surface area contributed by atoms with Crippen molar-refractivity contribution in [3.8, 4) is 5.69 Å². The van der Waals surface area contributed by atoms with Crippen molar-refractivity contribution in [1.29, 1.82) is 0 Å². The highest BCUT2D eigenvalue weighted by atomic mass is 35.5. The molecule has 4 nitrogen and oxygen atoms in total. The molecule has 1 atom stereocenters. The lowest BCUT2D eigenvalue weighted by atomic mass is 9.96. The first-order chi connectivity index (χ1) is 11.0. The van der Waals surface area contributed by atoms with E-state index >= 15 is 0 Å². The highest BCUT2D eigenvalue weighted by Crippen LogP contribution is 2.26.